The lowest BCUT2D eigenvalue weighted by atomic mass is 9.98. The smallest absolute Gasteiger partial charge is 0.0598 e. The van der Waals surface area contributed by atoms with Gasteiger partial charge in [0.25, 0.3) is 0 Å². The van der Waals surface area contributed by atoms with Crippen LogP contribution in [-0.4, -0.2) is 23.5 Å². The summed E-state index contributed by atoms with van der Waals surface area (Å²) in [5.74, 6) is 0. The summed E-state index contributed by atoms with van der Waals surface area (Å²) in [6.07, 6.45) is 4.88. The fraction of sp³-hybridized carbons (Fsp3) is 0.765. The molecule has 0 aliphatic rings. The number of aryl methyl sites for hydroxylation is 1. The Balaban J connectivity index is 2.96. The highest BCUT2D eigenvalue weighted by atomic mass is 32.1. The van der Waals surface area contributed by atoms with E-state index in [1.54, 1.807) is 0 Å². The second-order valence-electron chi connectivity index (χ2n) is 6.02. The molecule has 20 heavy (non-hydrogen) atoms. The lowest BCUT2D eigenvalue weighted by Crippen LogP contribution is -2.44. The molecule has 2 N–H and O–H groups in total. The van der Waals surface area contributed by atoms with Gasteiger partial charge in [-0.2, -0.15) is 0 Å². The first-order chi connectivity index (χ1) is 9.52. The van der Waals surface area contributed by atoms with Crippen molar-refractivity contribution in [1.29, 1.82) is 0 Å². The highest BCUT2D eigenvalue weighted by Crippen LogP contribution is 2.33. The second-order valence-corrected chi connectivity index (χ2v) is 6.97. The molecule has 2 atom stereocenters. The zero-order chi connectivity index (χ0) is 15.1. The summed E-state index contributed by atoms with van der Waals surface area (Å²) in [7, 11) is 0. The highest BCUT2D eigenvalue weighted by Gasteiger charge is 2.29. The Morgan fingerprint density at radius 1 is 1.25 bits per heavy atom. The summed E-state index contributed by atoms with van der Waals surface area (Å²) in [5, 5.41) is 2.20. The van der Waals surface area contributed by atoms with Gasteiger partial charge in [-0.15, -0.1) is 11.3 Å². The molecule has 116 valence electrons. The minimum Gasteiger partial charge on any atom is -0.326 e. The molecule has 0 aliphatic heterocycles. The second kappa shape index (κ2) is 8.81. The van der Waals surface area contributed by atoms with E-state index in [1.807, 2.05) is 11.3 Å². The number of nitrogens with two attached hydrogens (primary N) is 1. The van der Waals surface area contributed by atoms with Crippen molar-refractivity contribution in [1.82, 2.24) is 4.90 Å². The Kier molecular flexibility index (Phi) is 7.78. The molecule has 0 saturated carbocycles. The van der Waals surface area contributed by atoms with Gasteiger partial charge in [-0.25, -0.2) is 0 Å². The van der Waals surface area contributed by atoms with Crippen molar-refractivity contribution in [2.24, 2.45) is 5.73 Å². The van der Waals surface area contributed by atoms with E-state index in [9.17, 15) is 0 Å². The average molecular weight is 297 g/mol. The molecule has 0 spiro atoms. The average Bonchev–Trinajstić information content (AvgIpc) is 2.83. The summed E-state index contributed by atoms with van der Waals surface area (Å²) in [4.78, 5) is 4.08. The Bertz CT molecular complexity index is 373. The molecule has 0 amide bonds. The third-order valence-corrected chi connectivity index (χ3v) is 5.18. The molecule has 0 bridgehead atoms. The van der Waals surface area contributed by atoms with E-state index in [0.29, 0.717) is 12.1 Å². The van der Waals surface area contributed by atoms with Gasteiger partial charge in [0.2, 0.25) is 0 Å². The maximum absolute atomic E-state index is 6.49. The number of nitrogens with zero attached hydrogens (tertiary/aromatic N) is 1. The van der Waals surface area contributed by atoms with Crippen LogP contribution < -0.4 is 5.73 Å². The van der Waals surface area contributed by atoms with Gasteiger partial charge in [0, 0.05) is 17.0 Å². The molecule has 1 rings (SSSR count). The molecule has 0 saturated heterocycles. The first-order valence-corrected chi connectivity index (χ1v) is 8.96. The zero-order valence-electron chi connectivity index (χ0n) is 13.9. The summed E-state index contributed by atoms with van der Waals surface area (Å²) in [6.45, 7) is 12.4. The largest absolute Gasteiger partial charge is 0.326 e. The van der Waals surface area contributed by atoms with Crippen LogP contribution in [0.4, 0.5) is 0 Å². The van der Waals surface area contributed by atoms with E-state index in [4.69, 9.17) is 5.73 Å². The predicted molar refractivity (Wildman–Crippen MR) is 91.4 cm³/mol. The highest BCUT2D eigenvalue weighted by molar-refractivity contribution is 7.10. The predicted octanol–water partition coefficient (Wildman–Crippen LogP) is 4.74. The third kappa shape index (κ3) is 4.57. The third-order valence-electron chi connectivity index (χ3n) is 4.09. The fourth-order valence-corrected chi connectivity index (χ4v) is 3.89. The number of hydrogen-bond acceptors (Lipinski definition) is 3. The van der Waals surface area contributed by atoms with Crippen LogP contribution in [0.1, 0.15) is 69.9 Å². The molecule has 2 unspecified atom stereocenters. The summed E-state index contributed by atoms with van der Waals surface area (Å²) in [6, 6.07) is 3.35. The SMILES string of the molecule is CCCCCN(C(C)C)C(c1sccc1C)C(N)CC. The Labute approximate surface area is 129 Å². The van der Waals surface area contributed by atoms with Crippen LogP contribution in [0.3, 0.4) is 0 Å². The quantitative estimate of drug-likeness (QED) is 0.667. The number of thiophene rings is 1. The van der Waals surface area contributed by atoms with Gasteiger partial charge in [-0.3, -0.25) is 4.90 Å². The first-order valence-electron chi connectivity index (χ1n) is 8.08. The molecule has 1 aromatic rings. The van der Waals surface area contributed by atoms with Gasteiger partial charge in [0.1, 0.15) is 0 Å². The van der Waals surface area contributed by atoms with Crippen LogP contribution in [0.15, 0.2) is 11.4 Å². The maximum Gasteiger partial charge on any atom is 0.0598 e. The van der Waals surface area contributed by atoms with Crippen molar-refractivity contribution < 1.29 is 0 Å². The van der Waals surface area contributed by atoms with Gasteiger partial charge in [-0.05, 0) is 57.2 Å². The van der Waals surface area contributed by atoms with Gasteiger partial charge < -0.3 is 5.73 Å². The molecule has 0 fully saturated rings. The van der Waals surface area contributed by atoms with Crippen molar-refractivity contribution in [2.75, 3.05) is 6.54 Å². The van der Waals surface area contributed by atoms with Crippen molar-refractivity contribution in [3.63, 3.8) is 0 Å². The van der Waals surface area contributed by atoms with Gasteiger partial charge in [-0.1, -0.05) is 26.7 Å². The van der Waals surface area contributed by atoms with E-state index in [-0.39, 0.29) is 6.04 Å². The molecular formula is C17H32N2S. The monoisotopic (exact) mass is 296 g/mol. The zero-order valence-corrected chi connectivity index (χ0v) is 14.7. The van der Waals surface area contributed by atoms with Crippen LogP contribution in [0.25, 0.3) is 0 Å². The van der Waals surface area contributed by atoms with Crippen LogP contribution >= 0.6 is 11.3 Å². The first kappa shape index (κ1) is 17.7. The Hall–Kier alpha value is -0.380. The van der Waals surface area contributed by atoms with Gasteiger partial charge >= 0.3 is 0 Å². The molecule has 0 aromatic carbocycles. The minimum atomic E-state index is 0.219. The van der Waals surface area contributed by atoms with Crippen molar-refractivity contribution in [3.05, 3.63) is 21.9 Å². The number of unbranched alkanes of at least 4 members (excludes halogenated alkanes) is 2. The molecule has 2 nitrogen and oxygen atoms in total. The van der Waals surface area contributed by atoms with Crippen molar-refractivity contribution >= 4 is 11.3 Å². The van der Waals surface area contributed by atoms with Crippen molar-refractivity contribution in [3.8, 4) is 0 Å². The molecule has 0 radical (unpaired) electrons. The molecular weight excluding hydrogens is 264 g/mol. The standard InChI is InChI=1S/C17H32N2S/c1-6-8-9-11-19(13(3)4)16(15(18)7-2)17-14(5)10-12-20-17/h10,12-13,15-16H,6-9,11,18H2,1-5H3. The number of hydrogen-bond donors (Lipinski definition) is 1. The Morgan fingerprint density at radius 3 is 2.40 bits per heavy atom. The molecule has 1 aromatic heterocycles. The van der Waals surface area contributed by atoms with Gasteiger partial charge in [0.15, 0.2) is 0 Å². The Morgan fingerprint density at radius 2 is 1.95 bits per heavy atom. The fourth-order valence-electron chi connectivity index (χ4n) is 2.76. The van der Waals surface area contributed by atoms with Crippen LogP contribution in [0.5, 0.6) is 0 Å². The van der Waals surface area contributed by atoms with Crippen LogP contribution in [0.2, 0.25) is 0 Å². The maximum atomic E-state index is 6.49. The lowest BCUT2D eigenvalue weighted by Gasteiger charge is -2.38. The molecule has 0 aliphatic carbocycles. The minimum absolute atomic E-state index is 0.219. The van der Waals surface area contributed by atoms with Crippen LogP contribution in [0, 0.1) is 6.92 Å². The molecule has 1 heterocycles. The van der Waals surface area contributed by atoms with E-state index < -0.39 is 0 Å². The topological polar surface area (TPSA) is 29.3 Å². The normalized spacial score (nSPS) is 15.0. The van der Waals surface area contributed by atoms with Crippen molar-refractivity contribution in [2.45, 2.75) is 78.4 Å². The van der Waals surface area contributed by atoms with Gasteiger partial charge in [0.05, 0.1) is 6.04 Å². The van der Waals surface area contributed by atoms with E-state index >= 15 is 0 Å². The van der Waals surface area contributed by atoms with E-state index in [1.165, 1.54) is 29.7 Å². The summed E-state index contributed by atoms with van der Waals surface area (Å²) in [5.41, 5.74) is 7.88. The summed E-state index contributed by atoms with van der Waals surface area (Å²) < 4.78 is 0. The summed E-state index contributed by atoms with van der Waals surface area (Å²) >= 11 is 1.86. The van der Waals surface area contributed by atoms with E-state index in [2.05, 4.69) is 51.0 Å². The molecule has 3 heteroatoms. The lowest BCUT2D eigenvalue weighted by molar-refractivity contribution is 0.129. The van der Waals surface area contributed by atoms with Crippen LogP contribution in [-0.2, 0) is 0 Å². The number of rotatable bonds is 9. The van der Waals surface area contributed by atoms with E-state index in [0.717, 1.165) is 13.0 Å².